The highest BCUT2D eigenvalue weighted by Crippen LogP contribution is 2.38. The lowest BCUT2D eigenvalue weighted by molar-refractivity contribution is -0.115. The Kier molecular flexibility index (Phi) is 6.88. The van der Waals surface area contributed by atoms with Gasteiger partial charge < -0.3 is 19.5 Å². The predicted molar refractivity (Wildman–Crippen MR) is 148 cm³/mol. The van der Waals surface area contributed by atoms with Crippen LogP contribution < -0.4 is 11.1 Å². The monoisotopic (exact) mass is 531 g/mol. The molecule has 0 saturated carbocycles. The molecule has 0 spiro atoms. The number of likely N-dealkylation sites (N-methyl/N-ethyl adjacent to an activating group) is 2. The van der Waals surface area contributed by atoms with Crippen LogP contribution >= 0.6 is 11.6 Å². The number of nitrogens with one attached hydrogen (secondary N) is 2. The van der Waals surface area contributed by atoms with Gasteiger partial charge in [-0.3, -0.25) is 19.6 Å². The molecule has 3 aromatic carbocycles. The van der Waals surface area contributed by atoms with Gasteiger partial charge in [0.25, 0.3) is 5.91 Å². The number of fused-ring (bicyclic) bond motifs is 2. The summed E-state index contributed by atoms with van der Waals surface area (Å²) in [5, 5.41) is 3.39. The van der Waals surface area contributed by atoms with Crippen LogP contribution in [0.1, 0.15) is 27.4 Å². The largest absolute Gasteiger partial charge is 0.417 e. The summed E-state index contributed by atoms with van der Waals surface area (Å²) in [6.07, 6.45) is 0. The van der Waals surface area contributed by atoms with Crippen molar-refractivity contribution in [1.29, 1.82) is 0 Å². The van der Waals surface area contributed by atoms with E-state index in [-0.39, 0.29) is 11.8 Å². The van der Waals surface area contributed by atoms with Gasteiger partial charge in [0.1, 0.15) is 5.92 Å². The molecule has 0 aliphatic carbocycles. The average molecular weight is 532 g/mol. The molecule has 10 heteroatoms. The van der Waals surface area contributed by atoms with Crippen LogP contribution in [-0.2, 0) is 4.79 Å². The number of oxazole rings is 1. The molecule has 1 aromatic heterocycles. The molecule has 9 nitrogen and oxygen atoms in total. The van der Waals surface area contributed by atoms with Crippen molar-refractivity contribution in [3.8, 4) is 0 Å². The molecule has 0 radical (unpaired) electrons. The number of amides is 2. The molecule has 2 amide bonds. The minimum atomic E-state index is -0.719. The highest BCUT2D eigenvalue weighted by atomic mass is 35.5. The Hall–Kier alpha value is -4.21. The van der Waals surface area contributed by atoms with E-state index in [0.717, 1.165) is 12.1 Å². The summed E-state index contributed by atoms with van der Waals surface area (Å²) in [5.74, 6) is -1.61. The molecule has 2 N–H and O–H groups in total. The van der Waals surface area contributed by atoms with E-state index in [1.807, 2.05) is 19.0 Å². The lowest BCUT2D eigenvalue weighted by atomic mass is 9.90. The topological polar surface area (TPSA) is 111 Å². The number of aromatic nitrogens is 1. The maximum absolute atomic E-state index is 13.2. The van der Waals surface area contributed by atoms with Crippen LogP contribution in [0.15, 0.2) is 74.9 Å². The smallest absolute Gasteiger partial charge is 0.408 e. The molecule has 1 aliphatic rings. The van der Waals surface area contributed by atoms with Gasteiger partial charge in [-0.05, 0) is 68.2 Å². The Labute approximate surface area is 223 Å². The van der Waals surface area contributed by atoms with Crippen LogP contribution in [-0.4, -0.2) is 66.5 Å². The average Bonchev–Trinajstić information content (AvgIpc) is 3.42. The van der Waals surface area contributed by atoms with Gasteiger partial charge in [-0.1, -0.05) is 23.7 Å². The molecule has 0 fully saturated rings. The van der Waals surface area contributed by atoms with Crippen LogP contribution in [0.5, 0.6) is 0 Å². The van der Waals surface area contributed by atoms with E-state index >= 15 is 0 Å². The van der Waals surface area contributed by atoms with Gasteiger partial charge in [0.2, 0.25) is 5.91 Å². The Balaban J connectivity index is 1.54. The van der Waals surface area contributed by atoms with Crippen LogP contribution in [0.3, 0.4) is 0 Å². The van der Waals surface area contributed by atoms with Gasteiger partial charge in [-0.2, -0.15) is 0 Å². The molecule has 0 bridgehead atoms. The van der Waals surface area contributed by atoms with Gasteiger partial charge in [0.15, 0.2) is 5.58 Å². The Morgan fingerprint density at radius 1 is 0.974 bits per heavy atom. The normalized spacial score (nSPS) is 15.1. The predicted octanol–water partition coefficient (Wildman–Crippen LogP) is 4.26. The summed E-state index contributed by atoms with van der Waals surface area (Å²) in [6.45, 7) is 1.36. The number of aromatic amines is 1. The minimum Gasteiger partial charge on any atom is -0.408 e. The fraction of sp³-hybridized carbons (Fsp3) is 0.214. The molecule has 194 valence electrons. The first-order valence-corrected chi connectivity index (χ1v) is 12.4. The van der Waals surface area contributed by atoms with Crippen molar-refractivity contribution in [2.45, 2.75) is 5.92 Å². The van der Waals surface area contributed by atoms with Gasteiger partial charge in [0.05, 0.1) is 16.9 Å². The van der Waals surface area contributed by atoms with Gasteiger partial charge in [-0.25, -0.2) is 4.79 Å². The number of carbonyl (C=O) groups excluding carboxylic acids is 2. The second-order valence-electron chi connectivity index (χ2n) is 9.45. The Morgan fingerprint density at radius 3 is 2.45 bits per heavy atom. The molecule has 1 unspecified atom stereocenters. The summed E-state index contributed by atoms with van der Waals surface area (Å²) < 4.78 is 5.25. The van der Waals surface area contributed by atoms with Gasteiger partial charge >= 0.3 is 5.76 Å². The third-order valence-electron chi connectivity index (χ3n) is 6.43. The summed E-state index contributed by atoms with van der Waals surface area (Å²) in [4.78, 5) is 48.9. The van der Waals surface area contributed by atoms with Gasteiger partial charge in [0, 0.05) is 42.0 Å². The molecule has 1 atom stereocenters. The summed E-state index contributed by atoms with van der Waals surface area (Å²) in [5.41, 5.74) is 4.46. The van der Waals surface area contributed by atoms with Crippen molar-refractivity contribution in [1.82, 2.24) is 14.8 Å². The molecule has 2 heterocycles. The third-order valence-corrected chi connectivity index (χ3v) is 6.66. The lowest BCUT2D eigenvalue weighted by Crippen LogP contribution is -2.33. The molecule has 4 aromatic rings. The number of hydrogen-bond acceptors (Lipinski definition) is 6. The van der Waals surface area contributed by atoms with Crippen LogP contribution in [0.25, 0.3) is 11.1 Å². The number of nitrogens with zero attached hydrogens (tertiary/aromatic N) is 3. The van der Waals surface area contributed by atoms with E-state index in [2.05, 4.69) is 10.3 Å². The number of benzene rings is 3. The van der Waals surface area contributed by atoms with Crippen molar-refractivity contribution in [3.63, 3.8) is 0 Å². The quantitative estimate of drug-likeness (QED) is 0.346. The minimum absolute atomic E-state index is 0.0866. The Morgan fingerprint density at radius 2 is 1.71 bits per heavy atom. The second-order valence-corrected chi connectivity index (χ2v) is 9.89. The van der Waals surface area contributed by atoms with Crippen LogP contribution in [0.2, 0.25) is 5.02 Å². The zero-order valence-electron chi connectivity index (χ0n) is 21.1. The van der Waals surface area contributed by atoms with Crippen LogP contribution in [0, 0.1) is 0 Å². The number of carbonyl (C=O) groups is 2. The molecule has 38 heavy (non-hydrogen) atoms. The zero-order valence-corrected chi connectivity index (χ0v) is 21.9. The molecule has 1 aliphatic heterocycles. The molecular weight excluding hydrogens is 506 g/mol. The maximum atomic E-state index is 13.2. The number of H-pyrrole nitrogens is 1. The highest BCUT2D eigenvalue weighted by Gasteiger charge is 2.35. The van der Waals surface area contributed by atoms with E-state index < -0.39 is 11.7 Å². The van der Waals surface area contributed by atoms with Crippen molar-refractivity contribution >= 4 is 51.6 Å². The number of hydrogen-bond donors (Lipinski definition) is 2. The summed E-state index contributed by atoms with van der Waals surface area (Å²) >= 11 is 6.15. The fourth-order valence-corrected chi connectivity index (χ4v) is 4.57. The fourth-order valence-electron chi connectivity index (χ4n) is 4.40. The zero-order chi connectivity index (χ0) is 27.0. The number of anilines is 1. The van der Waals surface area contributed by atoms with E-state index in [1.165, 1.54) is 0 Å². The number of aliphatic imine (C=N–C) groups is 1. The number of rotatable bonds is 7. The van der Waals surface area contributed by atoms with Gasteiger partial charge in [-0.15, -0.1) is 0 Å². The third kappa shape index (κ3) is 5.11. The van der Waals surface area contributed by atoms with Crippen molar-refractivity contribution in [3.05, 3.63) is 92.9 Å². The second kappa shape index (κ2) is 10.3. The van der Waals surface area contributed by atoms with Crippen LogP contribution in [0.4, 0.5) is 11.4 Å². The maximum Gasteiger partial charge on any atom is 0.417 e. The molecule has 5 rings (SSSR count). The van der Waals surface area contributed by atoms with E-state index in [0.29, 0.717) is 50.9 Å². The SMILES string of the molecule is CN(C)CCN(C)C(=O)c1ccc(N=C(c2ccc3[nH]c(=O)oc3c2)C2C(=O)Nc3cc(Cl)ccc32)cc1. The number of halogens is 1. The van der Waals surface area contributed by atoms with E-state index in [9.17, 15) is 14.4 Å². The molecule has 0 saturated heterocycles. The van der Waals surface area contributed by atoms with E-state index in [4.69, 9.17) is 21.0 Å². The first kappa shape index (κ1) is 25.4. The summed E-state index contributed by atoms with van der Waals surface area (Å²) in [6, 6.07) is 17.4. The van der Waals surface area contributed by atoms with Crippen molar-refractivity contribution < 1.29 is 14.0 Å². The Bertz CT molecular complexity index is 1620. The standard InChI is InChI=1S/C28H26ClN5O4/c1-33(2)12-13-34(3)27(36)16-4-8-19(9-5-16)30-25(17-6-11-21-23(14-17)38-28(37)32-21)24-20-10-7-18(29)15-22(20)31-26(24)35/h4-11,14-15,24H,12-13H2,1-3H3,(H,31,35)(H,32,37). The summed E-state index contributed by atoms with van der Waals surface area (Å²) in [7, 11) is 5.69. The first-order chi connectivity index (χ1) is 18.2. The lowest BCUT2D eigenvalue weighted by Gasteiger charge is -2.19. The highest BCUT2D eigenvalue weighted by molar-refractivity contribution is 6.31. The van der Waals surface area contributed by atoms with Crippen molar-refractivity contribution in [2.24, 2.45) is 4.99 Å². The van der Waals surface area contributed by atoms with Crippen molar-refractivity contribution in [2.75, 3.05) is 39.5 Å². The van der Waals surface area contributed by atoms with E-state index in [1.54, 1.807) is 72.6 Å². The molecular formula is C28H26ClN5O4. The first-order valence-electron chi connectivity index (χ1n) is 12.0.